The van der Waals surface area contributed by atoms with Gasteiger partial charge in [0.25, 0.3) is 0 Å². The topological polar surface area (TPSA) is 113 Å². The van der Waals surface area contributed by atoms with Gasteiger partial charge in [-0.05, 0) is 17.7 Å². The molecule has 4 aromatic rings. The fraction of sp³-hybridized carbons (Fsp3) is 0.250. The van der Waals surface area contributed by atoms with Crippen LogP contribution in [0.25, 0.3) is 11.2 Å². The summed E-state index contributed by atoms with van der Waals surface area (Å²) < 4.78 is 1.80. The average Bonchev–Trinajstić information content (AvgIpc) is 3.23. The van der Waals surface area contributed by atoms with Crippen LogP contribution in [0.15, 0.2) is 48.8 Å². The minimum atomic E-state index is 0.319. The molecule has 4 heterocycles. The van der Waals surface area contributed by atoms with Crippen LogP contribution in [0, 0.1) is 11.3 Å². The maximum Gasteiger partial charge on any atom is 0.184 e. The van der Waals surface area contributed by atoms with Gasteiger partial charge in [-0.1, -0.05) is 35.5 Å². The molecule has 0 N–H and O–H groups in total. The second-order valence-electron chi connectivity index (χ2n) is 6.96. The lowest BCUT2D eigenvalue weighted by atomic mass is 10.2. The molecule has 0 amide bonds. The zero-order chi connectivity index (χ0) is 20.3. The van der Waals surface area contributed by atoms with Crippen molar-refractivity contribution in [1.82, 2.24) is 35.2 Å². The SMILES string of the molecule is N#Cc1ccc(N2CCN(c3ncnc4c3nnn4Cc3ccccc3)CC2)nn1. The third kappa shape index (κ3) is 3.37. The van der Waals surface area contributed by atoms with E-state index in [9.17, 15) is 0 Å². The predicted octanol–water partition coefficient (Wildman–Crippen LogP) is 1.26. The smallest absolute Gasteiger partial charge is 0.184 e. The summed E-state index contributed by atoms with van der Waals surface area (Å²) in [6.45, 7) is 3.67. The number of hydrogen-bond acceptors (Lipinski definition) is 9. The zero-order valence-corrected chi connectivity index (χ0v) is 16.1. The first kappa shape index (κ1) is 17.9. The normalized spacial score (nSPS) is 14.1. The van der Waals surface area contributed by atoms with Crippen LogP contribution in [0.2, 0.25) is 0 Å². The van der Waals surface area contributed by atoms with Crippen molar-refractivity contribution in [3.05, 3.63) is 60.0 Å². The maximum absolute atomic E-state index is 8.87. The summed E-state index contributed by atoms with van der Waals surface area (Å²) >= 11 is 0. The van der Waals surface area contributed by atoms with Gasteiger partial charge < -0.3 is 9.80 Å². The van der Waals surface area contributed by atoms with E-state index in [0.29, 0.717) is 17.8 Å². The van der Waals surface area contributed by atoms with Gasteiger partial charge in [-0.2, -0.15) is 5.26 Å². The molecule has 1 saturated heterocycles. The molecule has 30 heavy (non-hydrogen) atoms. The molecule has 5 rings (SSSR count). The standard InChI is InChI=1S/C20H18N10/c21-12-16-6-7-17(25-24-16)28-8-10-29(11-9-28)19-18-20(23-14-22-19)30(27-26-18)13-15-4-2-1-3-5-15/h1-7,14H,8-11,13H2. The summed E-state index contributed by atoms with van der Waals surface area (Å²) in [5.74, 6) is 1.57. The number of nitriles is 1. The van der Waals surface area contributed by atoms with E-state index >= 15 is 0 Å². The van der Waals surface area contributed by atoms with Gasteiger partial charge in [0.05, 0.1) is 6.54 Å². The number of hydrogen-bond donors (Lipinski definition) is 0. The minimum Gasteiger partial charge on any atom is -0.352 e. The van der Waals surface area contributed by atoms with E-state index in [-0.39, 0.29) is 0 Å². The highest BCUT2D eigenvalue weighted by atomic mass is 15.5. The first-order valence-corrected chi connectivity index (χ1v) is 9.63. The Morgan fingerprint density at radius 3 is 2.40 bits per heavy atom. The van der Waals surface area contributed by atoms with Gasteiger partial charge in [-0.3, -0.25) is 0 Å². The summed E-state index contributed by atoms with van der Waals surface area (Å²) in [6, 6.07) is 15.6. The number of benzene rings is 1. The van der Waals surface area contributed by atoms with Crippen LogP contribution in [0.3, 0.4) is 0 Å². The molecular weight excluding hydrogens is 380 g/mol. The molecule has 0 spiro atoms. The van der Waals surface area contributed by atoms with Crippen LogP contribution in [0.5, 0.6) is 0 Å². The van der Waals surface area contributed by atoms with Gasteiger partial charge in [-0.15, -0.1) is 15.3 Å². The highest BCUT2D eigenvalue weighted by Gasteiger charge is 2.23. The molecule has 1 aromatic carbocycles. The molecule has 1 aliphatic rings. The van der Waals surface area contributed by atoms with Crippen molar-refractivity contribution in [1.29, 1.82) is 5.26 Å². The largest absolute Gasteiger partial charge is 0.352 e. The van der Waals surface area contributed by atoms with E-state index in [1.807, 2.05) is 30.3 Å². The minimum absolute atomic E-state index is 0.319. The summed E-state index contributed by atoms with van der Waals surface area (Å²) in [5.41, 5.74) is 2.89. The molecule has 0 saturated carbocycles. The van der Waals surface area contributed by atoms with Crippen LogP contribution in [-0.2, 0) is 6.54 Å². The van der Waals surface area contributed by atoms with E-state index in [0.717, 1.165) is 49.0 Å². The predicted molar refractivity (Wildman–Crippen MR) is 110 cm³/mol. The molecule has 0 atom stereocenters. The van der Waals surface area contributed by atoms with E-state index in [1.165, 1.54) is 0 Å². The van der Waals surface area contributed by atoms with E-state index in [4.69, 9.17) is 5.26 Å². The quantitative estimate of drug-likeness (QED) is 0.501. The highest BCUT2D eigenvalue weighted by molar-refractivity contribution is 5.82. The second kappa shape index (κ2) is 7.71. The summed E-state index contributed by atoms with van der Waals surface area (Å²) in [5, 5.41) is 25.6. The number of piperazine rings is 1. The molecule has 0 radical (unpaired) electrons. The number of fused-ring (bicyclic) bond motifs is 1. The number of nitrogens with zero attached hydrogens (tertiary/aromatic N) is 10. The summed E-state index contributed by atoms with van der Waals surface area (Å²) in [6.07, 6.45) is 1.57. The van der Waals surface area contributed by atoms with Crippen molar-refractivity contribution in [2.75, 3.05) is 36.0 Å². The lowest BCUT2D eigenvalue weighted by Gasteiger charge is -2.35. The first-order valence-electron chi connectivity index (χ1n) is 9.63. The molecule has 0 unspecified atom stereocenters. The third-order valence-electron chi connectivity index (χ3n) is 5.12. The fourth-order valence-electron chi connectivity index (χ4n) is 3.58. The Kier molecular flexibility index (Phi) is 4.61. The Hall–Kier alpha value is -4.13. The van der Waals surface area contributed by atoms with Crippen molar-refractivity contribution >= 4 is 22.8 Å². The summed E-state index contributed by atoms with van der Waals surface area (Å²) in [7, 11) is 0. The Morgan fingerprint density at radius 1 is 0.867 bits per heavy atom. The number of anilines is 2. The van der Waals surface area contributed by atoms with Crippen LogP contribution >= 0.6 is 0 Å². The van der Waals surface area contributed by atoms with Gasteiger partial charge in [-0.25, -0.2) is 14.6 Å². The van der Waals surface area contributed by atoms with Gasteiger partial charge >= 0.3 is 0 Å². The Bertz CT molecular complexity index is 1190. The Labute approximate surface area is 172 Å². The molecule has 0 aliphatic carbocycles. The molecular formula is C20H18N10. The second-order valence-corrected chi connectivity index (χ2v) is 6.96. The lowest BCUT2D eigenvalue weighted by molar-refractivity contribution is 0.638. The zero-order valence-electron chi connectivity index (χ0n) is 16.1. The van der Waals surface area contributed by atoms with Crippen molar-refractivity contribution in [3.63, 3.8) is 0 Å². The van der Waals surface area contributed by atoms with Crippen molar-refractivity contribution in [3.8, 4) is 6.07 Å². The fourth-order valence-corrected chi connectivity index (χ4v) is 3.58. The van der Waals surface area contributed by atoms with Gasteiger partial charge in [0.1, 0.15) is 12.4 Å². The number of rotatable bonds is 4. The van der Waals surface area contributed by atoms with Gasteiger partial charge in [0.2, 0.25) is 0 Å². The highest BCUT2D eigenvalue weighted by Crippen LogP contribution is 2.23. The van der Waals surface area contributed by atoms with Crippen LogP contribution < -0.4 is 9.80 Å². The maximum atomic E-state index is 8.87. The monoisotopic (exact) mass is 398 g/mol. The Morgan fingerprint density at radius 2 is 1.67 bits per heavy atom. The summed E-state index contributed by atoms with van der Waals surface area (Å²) in [4.78, 5) is 13.2. The molecule has 3 aromatic heterocycles. The molecule has 1 aliphatic heterocycles. The van der Waals surface area contributed by atoms with E-state index < -0.39 is 0 Å². The molecule has 148 valence electrons. The molecule has 0 bridgehead atoms. The molecule has 10 heteroatoms. The van der Waals surface area contributed by atoms with Crippen LogP contribution in [0.1, 0.15) is 11.3 Å². The third-order valence-corrected chi connectivity index (χ3v) is 5.12. The van der Waals surface area contributed by atoms with Crippen molar-refractivity contribution in [2.45, 2.75) is 6.54 Å². The van der Waals surface area contributed by atoms with Crippen molar-refractivity contribution in [2.24, 2.45) is 0 Å². The Balaban J connectivity index is 1.34. The molecule has 1 fully saturated rings. The van der Waals surface area contributed by atoms with E-state index in [2.05, 4.69) is 52.4 Å². The first-order chi connectivity index (χ1) is 14.8. The van der Waals surface area contributed by atoms with Gasteiger partial charge in [0.15, 0.2) is 28.5 Å². The lowest BCUT2D eigenvalue weighted by Crippen LogP contribution is -2.47. The number of aromatic nitrogens is 7. The van der Waals surface area contributed by atoms with Gasteiger partial charge in [0, 0.05) is 26.2 Å². The van der Waals surface area contributed by atoms with Crippen molar-refractivity contribution < 1.29 is 0 Å². The van der Waals surface area contributed by atoms with E-state index in [1.54, 1.807) is 17.1 Å². The molecule has 10 nitrogen and oxygen atoms in total. The van der Waals surface area contributed by atoms with Crippen LogP contribution in [-0.4, -0.2) is 61.3 Å². The van der Waals surface area contributed by atoms with Crippen LogP contribution in [0.4, 0.5) is 11.6 Å². The average molecular weight is 398 g/mol.